The van der Waals surface area contributed by atoms with Crippen molar-refractivity contribution in [2.75, 3.05) is 7.05 Å². The average Bonchev–Trinajstić information content (AvgIpc) is 1.83. The van der Waals surface area contributed by atoms with Crippen LogP contribution in [0.2, 0.25) is 0 Å². The van der Waals surface area contributed by atoms with Gasteiger partial charge >= 0.3 is 6.18 Å². The van der Waals surface area contributed by atoms with E-state index in [4.69, 9.17) is 0 Å². The van der Waals surface area contributed by atoms with Crippen LogP contribution in [0.25, 0.3) is 0 Å². The van der Waals surface area contributed by atoms with Crippen molar-refractivity contribution in [1.29, 1.82) is 0 Å². The summed E-state index contributed by atoms with van der Waals surface area (Å²) >= 11 is 0. The Balaban J connectivity index is 4.56. The van der Waals surface area contributed by atoms with Gasteiger partial charge in [0.15, 0.2) is 0 Å². The Hall–Kier alpha value is -0.740. The average molecular weight is 183 g/mol. The summed E-state index contributed by atoms with van der Waals surface area (Å²) in [5.74, 6) is -3.61. The molecule has 0 saturated heterocycles. The lowest BCUT2D eigenvalue weighted by Crippen LogP contribution is -2.40. The highest BCUT2D eigenvalue weighted by molar-refractivity contribution is 5.79. The van der Waals surface area contributed by atoms with E-state index in [9.17, 15) is 18.0 Å². The molecule has 72 valence electrons. The molecule has 0 aliphatic heterocycles. The van der Waals surface area contributed by atoms with Crippen LogP contribution in [0.4, 0.5) is 13.2 Å². The molecule has 0 spiro atoms. The number of hydrogen-bond donors (Lipinski definition) is 1. The first-order valence-electron chi connectivity index (χ1n) is 3.59. The molecule has 0 aromatic carbocycles. The third-order valence-electron chi connectivity index (χ3n) is 1.55. The fourth-order valence-electron chi connectivity index (χ4n) is 0.985. The van der Waals surface area contributed by atoms with Crippen LogP contribution in [0, 0.1) is 11.8 Å². The van der Waals surface area contributed by atoms with E-state index in [1.165, 1.54) is 20.9 Å². The quantitative estimate of drug-likeness (QED) is 0.691. The van der Waals surface area contributed by atoms with Crippen LogP contribution in [0.5, 0.6) is 0 Å². The lowest BCUT2D eigenvalue weighted by Gasteiger charge is -2.21. The van der Waals surface area contributed by atoms with Crippen molar-refractivity contribution in [3.05, 3.63) is 0 Å². The second kappa shape index (κ2) is 3.78. The Morgan fingerprint density at radius 2 is 1.75 bits per heavy atom. The van der Waals surface area contributed by atoms with Gasteiger partial charge in [0.05, 0.1) is 0 Å². The molecule has 1 unspecified atom stereocenters. The highest BCUT2D eigenvalue weighted by Gasteiger charge is 2.46. The summed E-state index contributed by atoms with van der Waals surface area (Å²) in [7, 11) is 1.20. The normalized spacial score (nSPS) is 14.6. The zero-order chi connectivity index (χ0) is 9.94. The van der Waals surface area contributed by atoms with Crippen molar-refractivity contribution in [2.24, 2.45) is 11.8 Å². The number of nitrogens with one attached hydrogen (secondary N) is 1. The molecule has 0 saturated carbocycles. The highest BCUT2D eigenvalue weighted by atomic mass is 19.4. The maximum Gasteiger partial charge on any atom is 0.400 e. The number of carbonyl (C=O) groups excluding carboxylic acids is 1. The van der Waals surface area contributed by atoms with Gasteiger partial charge in [-0.3, -0.25) is 4.79 Å². The minimum atomic E-state index is -4.45. The molecule has 0 fully saturated rings. The van der Waals surface area contributed by atoms with Crippen LogP contribution >= 0.6 is 0 Å². The van der Waals surface area contributed by atoms with Crippen LogP contribution in [0.3, 0.4) is 0 Å². The molecule has 0 radical (unpaired) electrons. The van der Waals surface area contributed by atoms with Gasteiger partial charge in [-0.1, -0.05) is 13.8 Å². The summed E-state index contributed by atoms with van der Waals surface area (Å²) in [6.45, 7) is 2.74. The van der Waals surface area contributed by atoms with Crippen LogP contribution in [-0.2, 0) is 4.79 Å². The lowest BCUT2D eigenvalue weighted by molar-refractivity contribution is -0.190. The van der Waals surface area contributed by atoms with Gasteiger partial charge in [0, 0.05) is 7.05 Å². The zero-order valence-electron chi connectivity index (χ0n) is 7.20. The molecule has 0 aliphatic rings. The lowest BCUT2D eigenvalue weighted by atomic mass is 9.94. The van der Waals surface area contributed by atoms with E-state index in [1.807, 2.05) is 5.32 Å². The minimum absolute atomic E-state index is 0.732. The molecule has 0 heterocycles. The van der Waals surface area contributed by atoms with Gasteiger partial charge in [-0.2, -0.15) is 13.2 Å². The Morgan fingerprint density at radius 1 is 1.33 bits per heavy atom. The molecule has 0 bridgehead atoms. The molecular weight excluding hydrogens is 171 g/mol. The molecule has 1 amide bonds. The first kappa shape index (κ1) is 11.3. The molecule has 0 aromatic rings. The third kappa shape index (κ3) is 2.71. The molecule has 2 nitrogen and oxygen atoms in total. The van der Waals surface area contributed by atoms with Gasteiger partial charge in [-0.05, 0) is 5.92 Å². The predicted molar refractivity (Wildman–Crippen MR) is 38.4 cm³/mol. The van der Waals surface area contributed by atoms with Gasteiger partial charge in [-0.25, -0.2) is 0 Å². The van der Waals surface area contributed by atoms with Gasteiger partial charge < -0.3 is 5.32 Å². The summed E-state index contributed by atoms with van der Waals surface area (Å²) < 4.78 is 36.4. The largest absolute Gasteiger partial charge is 0.400 e. The zero-order valence-corrected chi connectivity index (χ0v) is 7.20. The number of carbonyl (C=O) groups is 1. The van der Waals surface area contributed by atoms with Gasteiger partial charge in [-0.15, -0.1) is 0 Å². The van der Waals surface area contributed by atoms with E-state index >= 15 is 0 Å². The van der Waals surface area contributed by atoms with Crippen molar-refractivity contribution < 1.29 is 18.0 Å². The van der Waals surface area contributed by atoms with E-state index in [0.29, 0.717) is 0 Å². The fourth-order valence-corrected chi connectivity index (χ4v) is 0.985. The van der Waals surface area contributed by atoms with Crippen LogP contribution < -0.4 is 5.32 Å². The van der Waals surface area contributed by atoms with Crippen LogP contribution in [0.15, 0.2) is 0 Å². The second-order valence-electron chi connectivity index (χ2n) is 2.88. The van der Waals surface area contributed by atoms with Gasteiger partial charge in [0.2, 0.25) is 5.91 Å². The van der Waals surface area contributed by atoms with Gasteiger partial charge in [0.25, 0.3) is 0 Å². The Morgan fingerprint density at radius 3 is 1.83 bits per heavy atom. The molecular formula is C7H12F3NO. The number of rotatable bonds is 2. The molecule has 1 atom stereocenters. The number of hydrogen-bond acceptors (Lipinski definition) is 1. The van der Waals surface area contributed by atoms with E-state index in [2.05, 4.69) is 0 Å². The van der Waals surface area contributed by atoms with E-state index in [-0.39, 0.29) is 0 Å². The summed E-state index contributed by atoms with van der Waals surface area (Å²) in [4.78, 5) is 10.8. The molecule has 0 rings (SSSR count). The summed E-state index contributed by atoms with van der Waals surface area (Å²) in [6, 6.07) is 0. The SMILES string of the molecule is CNC(=O)C(C(C)C)C(F)(F)F. The number of alkyl halides is 3. The minimum Gasteiger partial charge on any atom is -0.359 e. The van der Waals surface area contributed by atoms with Crippen molar-refractivity contribution in [3.8, 4) is 0 Å². The van der Waals surface area contributed by atoms with Crippen LogP contribution in [-0.4, -0.2) is 19.1 Å². The van der Waals surface area contributed by atoms with E-state index in [0.717, 1.165) is 0 Å². The first-order chi connectivity index (χ1) is 5.30. The first-order valence-corrected chi connectivity index (χ1v) is 3.59. The summed E-state index contributed by atoms with van der Waals surface area (Å²) in [5.41, 5.74) is 0. The summed E-state index contributed by atoms with van der Waals surface area (Å²) in [5, 5.41) is 1.99. The number of amides is 1. The monoisotopic (exact) mass is 183 g/mol. The molecule has 0 aliphatic carbocycles. The van der Waals surface area contributed by atoms with Gasteiger partial charge in [0.1, 0.15) is 5.92 Å². The highest BCUT2D eigenvalue weighted by Crippen LogP contribution is 2.31. The maximum atomic E-state index is 12.1. The fraction of sp³-hybridized carbons (Fsp3) is 0.857. The van der Waals surface area contributed by atoms with Crippen molar-refractivity contribution >= 4 is 5.91 Å². The molecule has 5 heteroatoms. The molecule has 12 heavy (non-hydrogen) atoms. The number of halogens is 3. The third-order valence-corrected chi connectivity index (χ3v) is 1.55. The van der Waals surface area contributed by atoms with Crippen molar-refractivity contribution in [1.82, 2.24) is 5.32 Å². The van der Waals surface area contributed by atoms with Crippen molar-refractivity contribution in [3.63, 3.8) is 0 Å². The standard InChI is InChI=1S/C7H12F3NO/c1-4(2)5(6(12)11-3)7(8,9)10/h4-5H,1-3H3,(H,11,12). The Labute approximate surface area is 69.1 Å². The van der Waals surface area contributed by atoms with Crippen LogP contribution in [0.1, 0.15) is 13.8 Å². The maximum absolute atomic E-state index is 12.1. The topological polar surface area (TPSA) is 29.1 Å². The predicted octanol–water partition coefficient (Wildman–Crippen LogP) is 1.57. The van der Waals surface area contributed by atoms with E-state index < -0.39 is 23.9 Å². The smallest absolute Gasteiger partial charge is 0.359 e. The Bertz CT molecular complexity index is 165. The van der Waals surface area contributed by atoms with E-state index in [1.54, 1.807) is 0 Å². The van der Waals surface area contributed by atoms with Crippen molar-refractivity contribution in [2.45, 2.75) is 20.0 Å². The molecule has 1 N–H and O–H groups in total. The molecule has 0 aromatic heterocycles. The Kier molecular flexibility index (Phi) is 3.55. The second-order valence-corrected chi connectivity index (χ2v) is 2.88. The summed E-state index contributed by atoms with van der Waals surface area (Å²) in [6.07, 6.45) is -4.45.